The van der Waals surface area contributed by atoms with Crippen LogP contribution in [-0.4, -0.2) is 123 Å². The van der Waals surface area contributed by atoms with E-state index in [2.05, 4.69) is 65.8 Å². The summed E-state index contributed by atoms with van der Waals surface area (Å²) in [5, 5.41) is 16.9. The zero-order valence-electron chi connectivity index (χ0n) is 38.7. The highest BCUT2D eigenvalue weighted by molar-refractivity contribution is 5.97. The van der Waals surface area contributed by atoms with Crippen LogP contribution in [0.2, 0.25) is 0 Å². The number of nitrogens with zero attached hydrogens (tertiary/aromatic N) is 5. The molecule has 2 fully saturated rings. The molecule has 0 saturated carbocycles. The smallest absolute Gasteiger partial charge is 0.324 e. The third-order valence-electron chi connectivity index (χ3n) is 13.0. The number of β-amino-alcohol motifs (C(OH)–C–C–N with tert-alkyl or cyclic N) is 1. The molecule has 346 valence electrons. The van der Waals surface area contributed by atoms with Gasteiger partial charge >= 0.3 is 5.97 Å². The molecular weight excluding hydrogens is 827 g/mol. The number of pyridine rings is 1. The first kappa shape index (κ1) is 47.1. The molecular formula is C50H63N7O8. The van der Waals surface area contributed by atoms with Crippen LogP contribution in [0.3, 0.4) is 0 Å². The predicted octanol–water partition coefficient (Wildman–Crippen LogP) is 4.82. The fraction of sp³-hybridized carbons (Fsp3) is 0.480. The molecule has 0 spiro atoms. The van der Waals surface area contributed by atoms with E-state index < -0.39 is 64.7 Å². The van der Waals surface area contributed by atoms with Gasteiger partial charge in [0.25, 0.3) is 11.8 Å². The highest BCUT2D eigenvalue weighted by Gasteiger charge is 2.48. The SMILES string of the molecule is C=CC(=O)N1CCC(O)(C(=O)N(C)[C@H](C(=O)N[C@H]2Cc3cccc(c3)-c3ccc4c(c3)c(c(-c3cnccc3COC)n4CC)CC(C)(C)COC(=O)[C@@H]3CCCN(N3)C2=O)C(C)C)C1. The van der Waals surface area contributed by atoms with E-state index in [1.54, 1.807) is 27.2 Å². The molecule has 4 amide bonds. The number of esters is 1. The molecule has 2 saturated heterocycles. The fourth-order valence-corrected chi connectivity index (χ4v) is 9.77. The van der Waals surface area contributed by atoms with Crippen LogP contribution in [0.5, 0.6) is 0 Å². The quantitative estimate of drug-likeness (QED) is 0.148. The lowest BCUT2D eigenvalue weighted by molar-refractivity contribution is -0.156. The van der Waals surface area contributed by atoms with E-state index in [1.807, 2.05) is 36.5 Å². The molecule has 4 atom stereocenters. The Labute approximate surface area is 381 Å². The number of amides is 4. The first-order valence-electron chi connectivity index (χ1n) is 22.6. The van der Waals surface area contributed by atoms with Crippen molar-refractivity contribution in [1.82, 2.24) is 35.1 Å². The third-order valence-corrected chi connectivity index (χ3v) is 13.0. The van der Waals surface area contributed by atoms with Gasteiger partial charge in [-0.25, -0.2) is 5.43 Å². The summed E-state index contributed by atoms with van der Waals surface area (Å²) in [6.07, 6.45) is 6.45. The van der Waals surface area contributed by atoms with Gasteiger partial charge in [0.2, 0.25) is 11.8 Å². The molecule has 15 heteroatoms. The Morgan fingerprint density at radius 3 is 2.62 bits per heavy atom. The lowest BCUT2D eigenvalue weighted by Gasteiger charge is -2.37. The normalized spacial score (nSPS) is 21.7. The summed E-state index contributed by atoms with van der Waals surface area (Å²) in [5.74, 6) is -3.04. The number of ether oxygens (including phenoxy) is 2. The number of rotatable bonds is 10. The number of fused-ring (bicyclic) bond motifs is 6. The first-order valence-corrected chi connectivity index (χ1v) is 22.6. The zero-order valence-corrected chi connectivity index (χ0v) is 38.7. The Morgan fingerprint density at radius 2 is 1.89 bits per heavy atom. The van der Waals surface area contributed by atoms with Gasteiger partial charge in [-0.15, -0.1) is 0 Å². The van der Waals surface area contributed by atoms with Gasteiger partial charge in [-0.1, -0.05) is 64.6 Å². The molecule has 65 heavy (non-hydrogen) atoms. The Bertz CT molecular complexity index is 2480. The Hall–Kier alpha value is -5.90. The van der Waals surface area contributed by atoms with Crippen molar-refractivity contribution in [2.45, 2.75) is 104 Å². The number of likely N-dealkylation sites (N-methyl/N-ethyl adjacent to an activating group) is 1. The van der Waals surface area contributed by atoms with Gasteiger partial charge in [-0.2, -0.15) is 0 Å². The molecule has 5 heterocycles. The number of carbonyl (C=O) groups excluding carboxylic acids is 5. The van der Waals surface area contributed by atoms with E-state index in [0.717, 1.165) is 56.1 Å². The number of cyclic esters (lactones) is 1. The van der Waals surface area contributed by atoms with Crippen molar-refractivity contribution in [3.05, 3.63) is 90.3 Å². The number of aryl methyl sites for hydroxylation is 1. The van der Waals surface area contributed by atoms with E-state index in [1.165, 1.54) is 21.9 Å². The van der Waals surface area contributed by atoms with Gasteiger partial charge in [-0.05, 0) is 84.2 Å². The van der Waals surface area contributed by atoms with Crippen LogP contribution in [-0.2, 0) is 59.4 Å². The second-order valence-corrected chi connectivity index (χ2v) is 18.8. The van der Waals surface area contributed by atoms with E-state index in [0.29, 0.717) is 39.0 Å². The molecule has 7 rings (SSSR count). The maximum atomic E-state index is 14.7. The molecule has 2 aromatic carbocycles. The largest absolute Gasteiger partial charge is 0.464 e. The molecule has 15 nitrogen and oxygen atoms in total. The van der Waals surface area contributed by atoms with E-state index in [4.69, 9.17) is 9.47 Å². The monoisotopic (exact) mass is 889 g/mol. The average molecular weight is 890 g/mol. The summed E-state index contributed by atoms with van der Waals surface area (Å²) in [6, 6.07) is 13.3. The van der Waals surface area contributed by atoms with Gasteiger partial charge in [0.05, 0.1) is 25.5 Å². The van der Waals surface area contributed by atoms with Gasteiger partial charge in [0.1, 0.15) is 18.1 Å². The van der Waals surface area contributed by atoms with Gasteiger partial charge in [0, 0.05) is 80.9 Å². The Kier molecular flexibility index (Phi) is 14.0. The second kappa shape index (κ2) is 19.3. The van der Waals surface area contributed by atoms with E-state index in [-0.39, 0.29) is 32.5 Å². The van der Waals surface area contributed by atoms with Crippen molar-refractivity contribution < 1.29 is 38.6 Å². The van der Waals surface area contributed by atoms with Crippen LogP contribution in [0.15, 0.2) is 73.6 Å². The minimum absolute atomic E-state index is 0.00102. The van der Waals surface area contributed by atoms with Crippen molar-refractivity contribution in [3.63, 3.8) is 0 Å². The number of aromatic nitrogens is 2. The Balaban J connectivity index is 1.29. The molecule has 0 radical (unpaired) electrons. The number of methoxy groups -OCH3 is 1. The standard InChI is InChI=1S/C50H63N7O8/c1-9-42(58)55-22-19-50(63,29-55)48(62)54(7)43(31(3)4)45(59)52-40-24-32-13-11-14-33(23-32)34-16-17-41-36(25-34)37(44(56(41)10-2)38-27-51-20-18-35(38)28-64-8)26-49(5,6)30-65-47(61)39-15-12-21-57(53-39)46(40)60/h9,11,13-14,16-18,20,23,25,27,31,39-40,43,53,63H,1,10,12,15,19,21-22,24,26,28-30H2,2-8H3,(H,52,59)/t39-,40-,43-,50?/m0/s1. The number of hydrazine groups is 1. The maximum absolute atomic E-state index is 14.7. The average Bonchev–Trinajstić information content (AvgIpc) is 3.84. The van der Waals surface area contributed by atoms with Crippen LogP contribution < -0.4 is 10.7 Å². The summed E-state index contributed by atoms with van der Waals surface area (Å²) >= 11 is 0. The molecule has 6 bridgehead atoms. The van der Waals surface area contributed by atoms with Crippen molar-refractivity contribution in [2.24, 2.45) is 11.3 Å². The highest BCUT2D eigenvalue weighted by atomic mass is 16.5. The number of nitrogens with one attached hydrogen (secondary N) is 2. The molecule has 3 aliphatic heterocycles. The summed E-state index contributed by atoms with van der Waals surface area (Å²) in [6.45, 7) is 14.8. The van der Waals surface area contributed by atoms with Crippen LogP contribution in [0.1, 0.15) is 70.6 Å². The summed E-state index contributed by atoms with van der Waals surface area (Å²) in [4.78, 5) is 76.5. The Morgan fingerprint density at radius 1 is 1.12 bits per heavy atom. The first-order chi connectivity index (χ1) is 31.0. The van der Waals surface area contributed by atoms with Gasteiger partial charge in [-0.3, -0.25) is 34.0 Å². The fourth-order valence-electron chi connectivity index (χ4n) is 9.77. The van der Waals surface area contributed by atoms with Crippen LogP contribution in [0.25, 0.3) is 33.3 Å². The molecule has 3 N–H and O–H groups in total. The lowest BCUT2D eigenvalue weighted by atomic mass is 9.84. The minimum atomic E-state index is -1.90. The van der Waals surface area contributed by atoms with Crippen molar-refractivity contribution >= 4 is 40.5 Å². The van der Waals surface area contributed by atoms with Crippen LogP contribution >= 0.6 is 0 Å². The highest BCUT2D eigenvalue weighted by Crippen LogP contribution is 2.41. The topological polar surface area (TPSA) is 176 Å². The third kappa shape index (κ3) is 9.73. The van der Waals surface area contributed by atoms with E-state index in [9.17, 15) is 29.1 Å². The van der Waals surface area contributed by atoms with Crippen molar-refractivity contribution in [2.75, 3.05) is 40.4 Å². The van der Waals surface area contributed by atoms with Crippen molar-refractivity contribution in [3.8, 4) is 22.4 Å². The number of likely N-dealkylation sites (tertiary alicyclic amines) is 1. The number of benzene rings is 2. The number of hydrogen-bond donors (Lipinski definition) is 3. The zero-order chi connectivity index (χ0) is 46.8. The number of hydrogen-bond acceptors (Lipinski definition) is 10. The molecule has 0 aliphatic carbocycles. The molecule has 1 unspecified atom stereocenters. The van der Waals surface area contributed by atoms with Gasteiger partial charge < -0.3 is 34.3 Å². The summed E-state index contributed by atoms with van der Waals surface area (Å²) < 4.78 is 14.0. The lowest BCUT2D eigenvalue weighted by Crippen LogP contribution is -2.63. The summed E-state index contributed by atoms with van der Waals surface area (Å²) in [5.41, 5.74) is 8.55. The molecule has 2 aromatic heterocycles. The van der Waals surface area contributed by atoms with Crippen molar-refractivity contribution in [1.29, 1.82) is 0 Å². The molecule has 3 aliphatic rings. The van der Waals surface area contributed by atoms with E-state index >= 15 is 0 Å². The number of carbonyl (C=O) groups is 5. The van der Waals surface area contributed by atoms with Crippen LogP contribution in [0, 0.1) is 11.3 Å². The number of aliphatic hydroxyl groups is 1. The van der Waals surface area contributed by atoms with Crippen LogP contribution in [0.4, 0.5) is 0 Å². The second-order valence-electron chi connectivity index (χ2n) is 18.8. The predicted molar refractivity (Wildman–Crippen MR) is 247 cm³/mol. The minimum Gasteiger partial charge on any atom is -0.464 e. The summed E-state index contributed by atoms with van der Waals surface area (Å²) in [7, 11) is 3.14. The maximum Gasteiger partial charge on any atom is 0.324 e. The molecule has 4 aromatic rings. The van der Waals surface area contributed by atoms with Gasteiger partial charge in [0.15, 0.2) is 5.60 Å².